The first-order valence-electron chi connectivity index (χ1n) is 7.20. The van der Waals surface area contributed by atoms with Crippen LogP contribution in [0.15, 0.2) is 36.4 Å². The first-order chi connectivity index (χ1) is 9.74. The number of benzene rings is 2. The van der Waals surface area contributed by atoms with Crippen LogP contribution in [0, 0.1) is 0 Å². The van der Waals surface area contributed by atoms with Gasteiger partial charge in [-0.2, -0.15) is 11.8 Å². The molecule has 0 saturated heterocycles. The van der Waals surface area contributed by atoms with Crippen molar-refractivity contribution in [3.8, 4) is 5.75 Å². The second-order valence-corrected chi connectivity index (χ2v) is 6.90. The van der Waals surface area contributed by atoms with E-state index >= 15 is 0 Å². The van der Waals surface area contributed by atoms with E-state index in [0.717, 1.165) is 24.0 Å². The molecule has 1 aliphatic rings. The maximum absolute atomic E-state index is 10.1. The molecule has 2 N–H and O–H groups in total. The fourth-order valence-electron chi connectivity index (χ4n) is 2.95. The molecule has 0 unspecified atom stereocenters. The van der Waals surface area contributed by atoms with E-state index in [1.165, 1.54) is 24.6 Å². The van der Waals surface area contributed by atoms with Crippen LogP contribution in [0.4, 0.5) is 0 Å². The summed E-state index contributed by atoms with van der Waals surface area (Å²) in [5.41, 5.74) is 1.01. The number of hydrogen-bond donors (Lipinski definition) is 2. The lowest BCUT2D eigenvalue weighted by Gasteiger charge is -2.40. The standard InChI is InChI=1S/C17H21NOS/c1-20-17(9-4-10-17)12-18-11-15-14-6-3-2-5-13(14)7-8-16(15)19/h2-3,5-8,18-19H,4,9-12H2,1H3. The van der Waals surface area contributed by atoms with Crippen molar-refractivity contribution in [2.24, 2.45) is 0 Å². The van der Waals surface area contributed by atoms with Crippen molar-refractivity contribution >= 4 is 22.5 Å². The van der Waals surface area contributed by atoms with Crippen LogP contribution in [0.25, 0.3) is 10.8 Å². The van der Waals surface area contributed by atoms with Crippen molar-refractivity contribution < 1.29 is 5.11 Å². The highest BCUT2D eigenvalue weighted by atomic mass is 32.2. The van der Waals surface area contributed by atoms with Gasteiger partial charge in [-0.15, -0.1) is 0 Å². The zero-order valence-electron chi connectivity index (χ0n) is 11.9. The number of aromatic hydroxyl groups is 1. The Labute approximate surface area is 124 Å². The van der Waals surface area contributed by atoms with E-state index in [1.807, 2.05) is 30.0 Å². The number of rotatable bonds is 5. The third-order valence-electron chi connectivity index (χ3n) is 4.46. The van der Waals surface area contributed by atoms with E-state index in [4.69, 9.17) is 0 Å². The zero-order chi connectivity index (χ0) is 14.0. The van der Waals surface area contributed by atoms with Crippen molar-refractivity contribution in [1.82, 2.24) is 5.32 Å². The average molecular weight is 287 g/mol. The Bertz CT molecular complexity index is 601. The second-order valence-electron chi connectivity index (χ2n) is 5.63. The van der Waals surface area contributed by atoms with Gasteiger partial charge in [-0.25, -0.2) is 0 Å². The Balaban J connectivity index is 1.75. The molecular formula is C17H21NOS. The van der Waals surface area contributed by atoms with Crippen LogP contribution in [0.1, 0.15) is 24.8 Å². The third kappa shape index (κ3) is 2.52. The van der Waals surface area contributed by atoms with Crippen LogP contribution in [0.5, 0.6) is 5.75 Å². The Hall–Kier alpha value is -1.19. The maximum atomic E-state index is 10.1. The lowest BCUT2D eigenvalue weighted by molar-refractivity contribution is 0.344. The average Bonchev–Trinajstić information content (AvgIpc) is 2.44. The lowest BCUT2D eigenvalue weighted by Crippen LogP contribution is -2.43. The van der Waals surface area contributed by atoms with Crippen molar-refractivity contribution in [3.63, 3.8) is 0 Å². The first-order valence-corrected chi connectivity index (χ1v) is 8.42. The molecule has 2 nitrogen and oxygen atoms in total. The van der Waals surface area contributed by atoms with Gasteiger partial charge in [0.25, 0.3) is 0 Å². The molecule has 1 fully saturated rings. The SMILES string of the molecule is CSC1(CNCc2c(O)ccc3ccccc23)CCC1. The molecule has 0 atom stereocenters. The number of fused-ring (bicyclic) bond motifs is 1. The Morgan fingerprint density at radius 1 is 1.20 bits per heavy atom. The van der Waals surface area contributed by atoms with Gasteiger partial charge < -0.3 is 10.4 Å². The molecule has 1 aliphatic carbocycles. The minimum atomic E-state index is 0.392. The Morgan fingerprint density at radius 2 is 2.00 bits per heavy atom. The molecule has 1 saturated carbocycles. The van der Waals surface area contributed by atoms with Gasteiger partial charge in [0.1, 0.15) is 5.75 Å². The monoisotopic (exact) mass is 287 g/mol. The van der Waals surface area contributed by atoms with E-state index in [2.05, 4.69) is 23.7 Å². The van der Waals surface area contributed by atoms with Crippen LogP contribution in [-0.4, -0.2) is 22.7 Å². The number of thioether (sulfide) groups is 1. The summed E-state index contributed by atoms with van der Waals surface area (Å²) in [4.78, 5) is 0. The number of nitrogens with one attached hydrogen (secondary N) is 1. The summed E-state index contributed by atoms with van der Waals surface area (Å²) in [5.74, 6) is 0.392. The molecule has 0 radical (unpaired) electrons. The summed E-state index contributed by atoms with van der Waals surface area (Å²) in [6.07, 6.45) is 6.17. The highest BCUT2D eigenvalue weighted by molar-refractivity contribution is 8.00. The molecule has 2 aromatic carbocycles. The molecule has 2 aromatic rings. The fraction of sp³-hybridized carbons (Fsp3) is 0.412. The van der Waals surface area contributed by atoms with E-state index in [1.54, 1.807) is 6.07 Å². The van der Waals surface area contributed by atoms with Crippen LogP contribution in [0.2, 0.25) is 0 Å². The lowest BCUT2D eigenvalue weighted by atomic mass is 9.84. The van der Waals surface area contributed by atoms with E-state index in [9.17, 15) is 5.11 Å². The van der Waals surface area contributed by atoms with Crippen LogP contribution in [0.3, 0.4) is 0 Å². The van der Waals surface area contributed by atoms with Crippen molar-refractivity contribution in [3.05, 3.63) is 42.0 Å². The van der Waals surface area contributed by atoms with Gasteiger partial charge in [-0.1, -0.05) is 36.8 Å². The van der Waals surface area contributed by atoms with Gasteiger partial charge in [0.05, 0.1) is 0 Å². The van der Waals surface area contributed by atoms with Gasteiger partial charge in [-0.3, -0.25) is 0 Å². The quantitative estimate of drug-likeness (QED) is 0.874. The molecule has 0 aliphatic heterocycles. The molecular weight excluding hydrogens is 266 g/mol. The third-order valence-corrected chi connectivity index (χ3v) is 5.88. The van der Waals surface area contributed by atoms with Crippen LogP contribution in [-0.2, 0) is 6.54 Å². The predicted molar refractivity (Wildman–Crippen MR) is 87.4 cm³/mol. The predicted octanol–water partition coefficient (Wildman–Crippen LogP) is 3.92. The van der Waals surface area contributed by atoms with E-state index in [-0.39, 0.29) is 0 Å². The first kappa shape index (κ1) is 13.8. The van der Waals surface area contributed by atoms with Gasteiger partial charge in [0.15, 0.2) is 0 Å². The van der Waals surface area contributed by atoms with Crippen molar-refractivity contribution in [2.45, 2.75) is 30.6 Å². The Morgan fingerprint density at radius 3 is 2.70 bits per heavy atom. The summed E-state index contributed by atoms with van der Waals surface area (Å²) in [5, 5.41) is 16.0. The highest BCUT2D eigenvalue weighted by Crippen LogP contribution is 2.42. The van der Waals surface area contributed by atoms with E-state index in [0.29, 0.717) is 10.5 Å². The van der Waals surface area contributed by atoms with Crippen LogP contribution >= 0.6 is 11.8 Å². The summed E-state index contributed by atoms with van der Waals surface area (Å²) in [6, 6.07) is 12.0. The topological polar surface area (TPSA) is 32.3 Å². The zero-order valence-corrected chi connectivity index (χ0v) is 12.7. The van der Waals surface area contributed by atoms with E-state index < -0.39 is 0 Å². The molecule has 3 rings (SSSR count). The van der Waals surface area contributed by atoms with Crippen molar-refractivity contribution in [2.75, 3.05) is 12.8 Å². The molecule has 0 heterocycles. The molecule has 0 aromatic heterocycles. The maximum Gasteiger partial charge on any atom is 0.120 e. The largest absolute Gasteiger partial charge is 0.508 e. The summed E-state index contributed by atoms with van der Waals surface area (Å²) in [7, 11) is 0. The molecule has 20 heavy (non-hydrogen) atoms. The number of hydrogen-bond acceptors (Lipinski definition) is 3. The minimum absolute atomic E-state index is 0.392. The molecule has 0 amide bonds. The smallest absolute Gasteiger partial charge is 0.120 e. The second kappa shape index (κ2) is 5.66. The normalized spacial score (nSPS) is 17.1. The fourth-order valence-corrected chi connectivity index (χ4v) is 3.89. The molecule has 0 spiro atoms. The minimum Gasteiger partial charge on any atom is -0.508 e. The number of phenolic OH excluding ortho intramolecular Hbond substituents is 1. The number of phenols is 1. The van der Waals surface area contributed by atoms with Gasteiger partial charge in [0, 0.05) is 23.4 Å². The Kier molecular flexibility index (Phi) is 3.90. The van der Waals surface area contributed by atoms with Crippen LogP contribution < -0.4 is 5.32 Å². The molecule has 106 valence electrons. The van der Waals surface area contributed by atoms with Gasteiger partial charge in [0.2, 0.25) is 0 Å². The van der Waals surface area contributed by atoms with Gasteiger partial charge in [-0.05, 0) is 35.9 Å². The van der Waals surface area contributed by atoms with Gasteiger partial charge >= 0.3 is 0 Å². The van der Waals surface area contributed by atoms with Crippen molar-refractivity contribution in [1.29, 1.82) is 0 Å². The summed E-state index contributed by atoms with van der Waals surface area (Å²) < 4.78 is 0.431. The summed E-state index contributed by atoms with van der Waals surface area (Å²) in [6.45, 7) is 1.76. The highest BCUT2D eigenvalue weighted by Gasteiger charge is 2.35. The molecule has 3 heteroatoms. The molecule has 0 bridgehead atoms. The summed E-state index contributed by atoms with van der Waals surface area (Å²) >= 11 is 1.98.